The van der Waals surface area contributed by atoms with Gasteiger partial charge in [-0.3, -0.25) is 0 Å². The van der Waals surface area contributed by atoms with E-state index in [0.717, 1.165) is 17.3 Å². The second kappa shape index (κ2) is 3.13. The fourth-order valence-corrected chi connectivity index (χ4v) is 2.60. The molecule has 0 amide bonds. The van der Waals surface area contributed by atoms with Gasteiger partial charge in [0.25, 0.3) is 0 Å². The summed E-state index contributed by atoms with van der Waals surface area (Å²) in [6, 6.07) is 4.40. The first-order chi connectivity index (χ1) is 5.70. The second-order valence-electron chi connectivity index (χ2n) is 3.07. The van der Waals surface area contributed by atoms with Gasteiger partial charge < -0.3 is 5.73 Å². The largest absolute Gasteiger partial charge is 0.324 e. The van der Waals surface area contributed by atoms with E-state index < -0.39 is 0 Å². The molecule has 0 spiro atoms. The lowest BCUT2D eigenvalue weighted by Gasteiger charge is -2.06. The monoisotopic (exact) mass is 289 g/mol. The Hall–Kier alpha value is 0.140. The summed E-state index contributed by atoms with van der Waals surface area (Å²) in [5.41, 5.74) is 8.60. The lowest BCUT2D eigenvalue weighted by Crippen LogP contribution is -2.04. The van der Waals surface area contributed by atoms with Gasteiger partial charge in [-0.15, -0.1) is 0 Å². The highest BCUT2D eigenvalue weighted by Crippen LogP contribution is 2.38. The molecule has 64 valence electrons. The van der Waals surface area contributed by atoms with Crippen LogP contribution in [0.2, 0.25) is 0 Å². The smallest absolute Gasteiger partial charge is 0.0352 e. The summed E-state index contributed by atoms with van der Waals surface area (Å²) in [5.74, 6) is 0. The zero-order chi connectivity index (χ0) is 8.72. The lowest BCUT2D eigenvalue weighted by molar-refractivity contribution is 0.713. The van der Waals surface area contributed by atoms with E-state index in [-0.39, 0.29) is 6.04 Å². The van der Waals surface area contributed by atoms with Crippen molar-refractivity contribution in [1.29, 1.82) is 0 Å². The summed E-state index contributed by atoms with van der Waals surface area (Å²) in [7, 11) is 0. The zero-order valence-electron chi connectivity index (χ0n) is 6.48. The first-order valence-corrected chi connectivity index (χ1v) is 5.51. The second-order valence-corrected chi connectivity index (χ2v) is 4.72. The topological polar surface area (TPSA) is 26.0 Å². The predicted molar refractivity (Wildman–Crippen MR) is 57.1 cm³/mol. The summed E-state index contributed by atoms with van der Waals surface area (Å²) in [6.07, 6.45) is 2.17. The van der Waals surface area contributed by atoms with E-state index in [0.29, 0.717) is 0 Å². The van der Waals surface area contributed by atoms with Crippen LogP contribution < -0.4 is 5.73 Å². The maximum absolute atomic E-state index is 5.93. The van der Waals surface area contributed by atoms with Gasteiger partial charge in [-0.2, -0.15) is 0 Å². The average molecular weight is 291 g/mol. The van der Waals surface area contributed by atoms with E-state index in [1.165, 1.54) is 15.6 Å². The minimum absolute atomic E-state index is 0.240. The fourth-order valence-electron chi connectivity index (χ4n) is 1.66. The summed E-state index contributed by atoms with van der Waals surface area (Å²) in [6.45, 7) is 0. The molecular formula is C9H9Br2N. The Morgan fingerprint density at radius 2 is 2.08 bits per heavy atom. The molecule has 0 fully saturated rings. The molecule has 3 heteroatoms. The number of fused-ring (bicyclic) bond motifs is 1. The molecule has 2 rings (SSSR count). The molecule has 1 aromatic carbocycles. The van der Waals surface area contributed by atoms with Crippen molar-refractivity contribution < 1.29 is 0 Å². The first-order valence-electron chi connectivity index (χ1n) is 3.92. The number of benzene rings is 1. The highest BCUT2D eigenvalue weighted by Gasteiger charge is 2.21. The highest BCUT2D eigenvalue weighted by molar-refractivity contribution is 9.13. The highest BCUT2D eigenvalue weighted by atomic mass is 79.9. The summed E-state index contributed by atoms with van der Waals surface area (Å²) in [4.78, 5) is 0. The first kappa shape index (κ1) is 8.73. The third kappa shape index (κ3) is 1.24. The molecule has 0 radical (unpaired) electrons. The summed E-state index contributed by atoms with van der Waals surface area (Å²) < 4.78 is 2.29. The van der Waals surface area contributed by atoms with Crippen LogP contribution in [0, 0.1) is 0 Å². The van der Waals surface area contributed by atoms with Crippen LogP contribution >= 0.6 is 31.9 Å². The molecule has 0 saturated heterocycles. The van der Waals surface area contributed by atoms with Gasteiger partial charge >= 0.3 is 0 Å². The molecule has 1 atom stereocenters. The van der Waals surface area contributed by atoms with Gasteiger partial charge in [0.05, 0.1) is 0 Å². The van der Waals surface area contributed by atoms with E-state index >= 15 is 0 Å². The molecule has 0 saturated carbocycles. The van der Waals surface area contributed by atoms with Gasteiger partial charge in [0.1, 0.15) is 0 Å². The van der Waals surface area contributed by atoms with Crippen LogP contribution in [0.25, 0.3) is 0 Å². The standard InChI is InChI=1S/C9H9Br2N/c10-7-3-1-5-6(9(7)11)2-4-8(5)12/h1,3,8H,2,4,12H2/t8-/m1/s1. The van der Waals surface area contributed by atoms with Crippen LogP contribution in [0.5, 0.6) is 0 Å². The molecule has 0 unspecified atom stereocenters. The van der Waals surface area contributed by atoms with Crippen molar-refractivity contribution in [3.05, 3.63) is 32.2 Å². The van der Waals surface area contributed by atoms with Crippen LogP contribution in [-0.2, 0) is 6.42 Å². The van der Waals surface area contributed by atoms with Crippen molar-refractivity contribution in [2.75, 3.05) is 0 Å². The van der Waals surface area contributed by atoms with Gasteiger partial charge in [0.2, 0.25) is 0 Å². The fraction of sp³-hybridized carbons (Fsp3) is 0.333. The van der Waals surface area contributed by atoms with Gasteiger partial charge in [0.15, 0.2) is 0 Å². The van der Waals surface area contributed by atoms with Gasteiger partial charge in [-0.1, -0.05) is 6.07 Å². The number of rotatable bonds is 0. The normalized spacial score (nSPS) is 21.1. The molecule has 0 aliphatic heterocycles. The molecule has 1 aliphatic carbocycles. The molecule has 2 N–H and O–H groups in total. The Balaban J connectivity index is 2.60. The molecule has 0 bridgehead atoms. The molecule has 12 heavy (non-hydrogen) atoms. The van der Waals surface area contributed by atoms with E-state index in [1.807, 2.05) is 6.07 Å². The van der Waals surface area contributed by atoms with Crippen LogP contribution in [0.15, 0.2) is 21.1 Å². The summed E-state index contributed by atoms with van der Waals surface area (Å²) >= 11 is 7.04. The quantitative estimate of drug-likeness (QED) is 0.780. The van der Waals surface area contributed by atoms with Crippen LogP contribution in [0.4, 0.5) is 0 Å². The minimum atomic E-state index is 0.240. The zero-order valence-corrected chi connectivity index (χ0v) is 9.65. The van der Waals surface area contributed by atoms with E-state index in [9.17, 15) is 0 Å². The number of hydrogen-bond acceptors (Lipinski definition) is 1. The molecule has 1 aliphatic rings. The van der Waals surface area contributed by atoms with E-state index in [4.69, 9.17) is 5.73 Å². The Morgan fingerprint density at radius 1 is 1.33 bits per heavy atom. The minimum Gasteiger partial charge on any atom is -0.324 e. The number of hydrogen-bond donors (Lipinski definition) is 1. The van der Waals surface area contributed by atoms with Gasteiger partial charge in [-0.05, 0) is 61.9 Å². The summed E-state index contributed by atoms with van der Waals surface area (Å²) in [5, 5.41) is 0. The maximum Gasteiger partial charge on any atom is 0.0352 e. The van der Waals surface area contributed by atoms with Crippen molar-refractivity contribution in [3.8, 4) is 0 Å². The van der Waals surface area contributed by atoms with Crippen LogP contribution in [-0.4, -0.2) is 0 Å². The third-order valence-corrected chi connectivity index (χ3v) is 4.44. The van der Waals surface area contributed by atoms with Gasteiger partial charge in [0, 0.05) is 15.0 Å². The maximum atomic E-state index is 5.93. The average Bonchev–Trinajstić information content (AvgIpc) is 2.41. The number of nitrogens with two attached hydrogens (primary N) is 1. The Bertz CT molecular complexity index is 323. The van der Waals surface area contributed by atoms with Crippen LogP contribution in [0.3, 0.4) is 0 Å². The number of halogens is 2. The SMILES string of the molecule is N[C@@H]1CCc2c1ccc(Br)c2Br. The van der Waals surface area contributed by atoms with Crippen molar-refractivity contribution in [3.63, 3.8) is 0 Å². The predicted octanol–water partition coefficient (Wildman–Crippen LogP) is 3.16. The van der Waals surface area contributed by atoms with E-state index in [2.05, 4.69) is 37.9 Å². The third-order valence-electron chi connectivity index (χ3n) is 2.34. The van der Waals surface area contributed by atoms with E-state index in [1.54, 1.807) is 0 Å². The van der Waals surface area contributed by atoms with Crippen LogP contribution in [0.1, 0.15) is 23.6 Å². The Kier molecular flexibility index (Phi) is 2.27. The molecule has 0 aromatic heterocycles. The van der Waals surface area contributed by atoms with Gasteiger partial charge in [-0.25, -0.2) is 0 Å². The molecular weight excluding hydrogens is 282 g/mol. The van der Waals surface area contributed by atoms with Crippen molar-refractivity contribution in [2.24, 2.45) is 5.73 Å². The molecule has 1 aromatic rings. The Morgan fingerprint density at radius 3 is 2.83 bits per heavy atom. The Labute approximate surface area is 88.6 Å². The molecule has 0 heterocycles. The lowest BCUT2D eigenvalue weighted by atomic mass is 10.1. The molecule has 1 nitrogen and oxygen atoms in total. The van der Waals surface area contributed by atoms with Crippen molar-refractivity contribution in [1.82, 2.24) is 0 Å². The van der Waals surface area contributed by atoms with Crippen molar-refractivity contribution in [2.45, 2.75) is 18.9 Å². The van der Waals surface area contributed by atoms with Crippen molar-refractivity contribution >= 4 is 31.9 Å².